The Morgan fingerprint density at radius 2 is 2.06 bits per heavy atom. The third-order valence-electron chi connectivity index (χ3n) is 2.63. The lowest BCUT2D eigenvalue weighted by Gasteiger charge is -2.09. The van der Waals surface area contributed by atoms with Crippen LogP contribution in [-0.4, -0.2) is 14.3 Å². The molecule has 1 heterocycles. The van der Waals surface area contributed by atoms with Crippen molar-refractivity contribution in [3.63, 3.8) is 0 Å². The van der Waals surface area contributed by atoms with E-state index in [1.165, 1.54) is 22.9 Å². The molecule has 6 heteroatoms. The van der Waals surface area contributed by atoms with Crippen LogP contribution in [0.1, 0.15) is 6.92 Å². The highest BCUT2D eigenvalue weighted by Gasteiger charge is 2.18. The number of nitrogens with zero attached hydrogens (tertiary/aromatic N) is 1. The lowest BCUT2D eigenvalue weighted by Crippen LogP contribution is -2.18. The summed E-state index contributed by atoms with van der Waals surface area (Å²) in [6.07, 6.45) is 1.29. The molecule has 0 aliphatic rings. The number of hydrogen-bond acceptors (Lipinski definition) is 2. The predicted molar refractivity (Wildman–Crippen MR) is 66.1 cm³/mol. The fourth-order valence-electron chi connectivity index (χ4n) is 1.74. The van der Waals surface area contributed by atoms with Crippen LogP contribution >= 0.6 is 0 Å². The van der Waals surface area contributed by atoms with Crippen molar-refractivity contribution < 1.29 is 13.0 Å². The highest BCUT2D eigenvalue weighted by Crippen LogP contribution is 2.16. The van der Waals surface area contributed by atoms with Crippen LogP contribution in [0.3, 0.4) is 0 Å². The number of hydrogen-bond donors (Lipinski definition) is 0. The lowest BCUT2D eigenvalue weighted by atomic mass is 10.2. The molecule has 2 atom stereocenters. The highest BCUT2D eigenvalue weighted by atomic mass is 32.2. The molecule has 2 aromatic rings. The van der Waals surface area contributed by atoms with Crippen molar-refractivity contribution in [2.75, 3.05) is 0 Å². The molecule has 96 valence electrons. The molecule has 0 amide bonds. The average molecular weight is 271 g/mol. The van der Waals surface area contributed by atoms with Crippen molar-refractivity contribution in [3.05, 3.63) is 40.4 Å². The fourth-order valence-corrected chi connectivity index (χ4v) is 2.65. The Labute approximate surface area is 105 Å². The molecule has 0 spiro atoms. The number of pyridine rings is 1. The summed E-state index contributed by atoms with van der Waals surface area (Å²) in [4.78, 5) is 11.9. The molecule has 3 nitrogen and oxygen atoms in total. The number of aryl methyl sites for hydroxylation is 1. The molecule has 0 saturated carbocycles. The minimum atomic E-state index is -2.01. The van der Waals surface area contributed by atoms with Gasteiger partial charge in [-0.05, 0) is 25.1 Å². The Hall–Kier alpha value is -1.56. The smallest absolute Gasteiger partial charge is 0.205 e. The quantitative estimate of drug-likeness (QED) is 0.839. The molecule has 18 heavy (non-hydrogen) atoms. The van der Waals surface area contributed by atoms with Gasteiger partial charge in [-0.1, -0.05) is 0 Å². The topological polar surface area (TPSA) is 39.1 Å². The van der Waals surface area contributed by atoms with E-state index in [4.69, 9.17) is 0 Å². The lowest BCUT2D eigenvalue weighted by molar-refractivity contribution is 0.467. The Morgan fingerprint density at radius 3 is 2.67 bits per heavy atom. The van der Waals surface area contributed by atoms with Crippen molar-refractivity contribution >= 4 is 21.7 Å². The van der Waals surface area contributed by atoms with Crippen molar-refractivity contribution in [1.29, 1.82) is 0 Å². The molecule has 0 N–H and O–H groups in total. The van der Waals surface area contributed by atoms with Crippen LogP contribution in [0.5, 0.6) is 0 Å². The third-order valence-corrected chi connectivity index (χ3v) is 3.95. The normalized spacial score (nSPS) is 14.7. The second-order valence-electron chi connectivity index (χ2n) is 3.94. The Kier molecular flexibility index (Phi) is 3.30. The van der Waals surface area contributed by atoms with E-state index >= 15 is 0 Å². The standard InChI is InChI=1S/C12H11F2NO2S/c1-7(13)18(17)11-6-15(2)10-5-8(14)3-4-9(10)12(11)16/h3-7H,1-2H3. The van der Waals surface area contributed by atoms with E-state index < -0.39 is 27.5 Å². The fraction of sp³-hybridized carbons (Fsp3) is 0.250. The SMILES string of the molecule is CC(F)S(=O)c1cn(C)c2cc(F)ccc2c1=O. The minimum absolute atomic E-state index is 0.105. The van der Waals surface area contributed by atoms with E-state index in [0.29, 0.717) is 5.52 Å². The van der Waals surface area contributed by atoms with Gasteiger partial charge in [0.25, 0.3) is 0 Å². The molecule has 0 fully saturated rings. The summed E-state index contributed by atoms with van der Waals surface area (Å²) in [7, 11) is -0.424. The van der Waals surface area contributed by atoms with Gasteiger partial charge in [0.15, 0.2) is 5.50 Å². The van der Waals surface area contributed by atoms with Gasteiger partial charge in [0.1, 0.15) is 10.7 Å². The van der Waals surface area contributed by atoms with Gasteiger partial charge in [-0.2, -0.15) is 0 Å². The van der Waals surface area contributed by atoms with Crippen molar-refractivity contribution in [1.82, 2.24) is 4.57 Å². The first-order chi connectivity index (χ1) is 8.41. The second kappa shape index (κ2) is 4.61. The van der Waals surface area contributed by atoms with Gasteiger partial charge in [0.05, 0.1) is 16.3 Å². The third kappa shape index (κ3) is 2.08. The van der Waals surface area contributed by atoms with Crippen LogP contribution in [0, 0.1) is 5.82 Å². The number of alkyl halides is 1. The molecule has 0 aliphatic heterocycles. The Morgan fingerprint density at radius 1 is 1.39 bits per heavy atom. The van der Waals surface area contributed by atoms with E-state index in [1.54, 1.807) is 7.05 Å². The van der Waals surface area contributed by atoms with Crippen LogP contribution in [-0.2, 0) is 17.8 Å². The van der Waals surface area contributed by atoms with Crippen molar-refractivity contribution in [2.24, 2.45) is 7.05 Å². The summed E-state index contributed by atoms with van der Waals surface area (Å²) < 4.78 is 39.3. The maximum absolute atomic E-state index is 13.1. The first kappa shape index (κ1) is 12.9. The second-order valence-corrected chi connectivity index (χ2v) is 5.62. The largest absolute Gasteiger partial charge is 0.349 e. The highest BCUT2D eigenvalue weighted by molar-refractivity contribution is 7.85. The number of benzene rings is 1. The van der Waals surface area contributed by atoms with Crippen molar-refractivity contribution in [3.8, 4) is 0 Å². The van der Waals surface area contributed by atoms with Crippen LogP contribution in [0.2, 0.25) is 0 Å². The molecule has 0 bridgehead atoms. The number of fused-ring (bicyclic) bond motifs is 1. The van der Waals surface area contributed by atoms with Gasteiger partial charge < -0.3 is 4.57 Å². The number of halogens is 2. The van der Waals surface area contributed by atoms with Gasteiger partial charge in [0, 0.05) is 18.6 Å². The van der Waals surface area contributed by atoms with E-state index in [1.807, 2.05) is 0 Å². The van der Waals surface area contributed by atoms with Crippen LogP contribution in [0.4, 0.5) is 8.78 Å². The van der Waals surface area contributed by atoms with E-state index in [2.05, 4.69) is 0 Å². The first-order valence-corrected chi connectivity index (χ1v) is 6.46. The first-order valence-electron chi connectivity index (χ1n) is 5.25. The minimum Gasteiger partial charge on any atom is -0.349 e. The van der Waals surface area contributed by atoms with Gasteiger partial charge in [-0.3, -0.25) is 9.00 Å². The van der Waals surface area contributed by atoms with Gasteiger partial charge in [0.2, 0.25) is 5.43 Å². The van der Waals surface area contributed by atoms with Crippen LogP contribution in [0.15, 0.2) is 34.1 Å². The predicted octanol–water partition coefficient (Wildman–Crippen LogP) is 2.10. The summed E-state index contributed by atoms with van der Waals surface area (Å²) >= 11 is 0. The zero-order valence-corrected chi connectivity index (χ0v) is 10.6. The molecule has 0 aliphatic carbocycles. The molecule has 1 aromatic heterocycles. The van der Waals surface area contributed by atoms with Crippen molar-refractivity contribution in [2.45, 2.75) is 17.3 Å². The maximum Gasteiger partial charge on any atom is 0.205 e. The van der Waals surface area contributed by atoms with E-state index in [-0.39, 0.29) is 10.3 Å². The zero-order valence-electron chi connectivity index (χ0n) is 9.81. The summed E-state index contributed by atoms with van der Waals surface area (Å²) in [6, 6.07) is 3.67. The van der Waals surface area contributed by atoms with E-state index in [9.17, 15) is 17.8 Å². The molecule has 1 aromatic carbocycles. The summed E-state index contributed by atoms with van der Waals surface area (Å²) in [5.41, 5.74) is -1.77. The van der Waals surface area contributed by atoms with Crippen LogP contribution in [0.25, 0.3) is 10.9 Å². The number of rotatable bonds is 2. The van der Waals surface area contributed by atoms with Gasteiger partial charge in [-0.25, -0.2) is 8.78 Å². The zero-order chi connectivity index (χ0) is 13.4. The Balaban J connectivity index is 2.81. The molecular formula is C12H11F2NO2S. The number of aromatic nitrogens is 1. The Bertz CT molecular complexity index is 694. The monoisotopic (exact) mass is 271 g/mol. The molecule has 2 rings (SSSR count). The average Bonchev–Trinajstić information content (AvgIpc) is 2.32. The molecule has 2 unspecified atom stereocenters. The van der Waals surface area contributed by atoms with Gasteiger partial charge in [-0.15, -0.1) is 0 Å². The summed E-state index contributed by atoms with van der Waals surface area (Å²) in [5.74, 6) is -0.467. The van der Waals surface area contributed by atoms with Crippen LogP contribution < -0.4 is 5.43 Å². The van der Waals surface area contributed by atoms with E-state index in [0.717, 1.165) is 13.0 Å². The van der Waals surface area contributed by atoms with Gasteiger partial charge >= 0.3 is 0 Å². The molecule has 0 radical (unpaired) electrons. The summed E-state index contributed by atoms with van der Waals surface area (Å²) in [5, 5.41) is 0.227. The maximum atomic E-state index is 13.1. The summed E-state index contributed by atoms with van der Waals surface area (Å²) in [6.45, 7) is 1.13. The molecular weight excluding hydrogens is 260 g/mol. The molecule has 0 saturated heterocycles.